The van der Waals surface area contributed by atoms with Gasteiger partial charge in [-0.15, -0.1) is 0 Å². The quantitative estimate of drug-likeness (QED) is 0.609. The predicted molar refractivity (Wildman–Crippen MR) is 57.6 cm³/mol. The first kappa shape index (κ1) is 13.9. The molecule has 0 amide bonds. The second kappa shape index (κ2) is 6.43. The molecule has 0 saturated carbocycles. The van der Waals surface area contributed by atoms with Crippen molar-refractivity contribution >= 4 is 17.0 Å². The summed E-state index contributed by atoms with van der Waals surface area (Å²) in [6.07, 6.45) is 5.79. The Morgan fingerprint density at radius 3 is 1.92 bits per heavy atom. The van der Waals surface area contributed by atoms with Crippen molar-refractivity contribution in [1.82, 2.24) is 0 Å². The van der Waals surface area contributed by atoms with E-state index in [1.807, 2.05) is 0 Å². The second-order valence-electron chi connectivity index (χ2n) is 4.18. The molecule has 0 bridgehead atoms. The monoisotopic (exact) mass is 296 g/mol. The number of rotatable bonds is 0. The molecular weight excluding hydrogens is 282 g/mol. The second-order valence-corrected chi connectivity index (χ2v) is 7.91. The molecule has 0 aromatic rings. The summed E-state index contributed by atoms with van der Waals surface area (Å²) >= 11 is -0.826. The van der Waals surface area contributed by atoms with Crippen LogP contribution in [0.5, 0.6) is 0 Å². The van der Waals surface area contributed by atoms with Crippen LogP contribution in [0.25, 0.3) is 0 Å². The van der Waals surface area contributed by atoms with Gasteiger partial charge in [-0.25, -0.2) is 0 Å². The first-order valence-corrected chi connectivity index (χ1v) is 10.6. The molecule has 0 unspecified atom stereocenters. The van der Waals surface area contributed by atoms with Crippen molar-refractivity contribution in [2.75, 3.05) is 0 Å². The zero-order valence-corrected chi connectivity index (χ0v) is 12.6. The molecule has 13 heavy (non-hydrogen) atoms. The van der Waals surface area contributed by atoms with E-state index >= 15 is 0 Å². The SMILES string of the molecule is CC1=CC(C(C)(C)C)=CC1.[Cl][Zr][Cl]. The van der Waals surface area contributed by atoms with Gasteiger partial charge in [-0.2, -0.15) is 0 Å². The van der Waals surface area contributed by atoms with Gasteiger partial charge in [0.1, 0.15) is 0 Å². The zero-order valence-electron chi connectivity index (χ0n) is 8.62. The Morgan fingerprint density at radius 2 is 1.77 bits per heavy atom. The summed E-state index contributed by atoms with van der Waals surface area (Å²) in [6.45, 7) is 8.96. The fourth-order valence-electron chi connectivity index (χ4n) is 1.18. The Labute approximate surface area is 100 Å². The molecule has 74 valence electrons. The normalized spacial score (nSPS) is 15.5. The topological polar surface area (TPSA) is 0 Å². The maximum absolute atomic E-state index is 4.93. The van der Waals surface area contributed by atoms with Gasteiger partial charge in [-0.05, 0) is 24.3 Å². The third kappa shape index (κ3) is 6.10. The van der Waals surface area contributed by atoms with Crippen LogP contribution in [0, 0.1) is 5.41 Å². The molecule has 1 aliphatic rings. The van der Waals surface area contributed by atoms with E-state index in [4.69, 9.17) is 17.0 Å². The van der Waals surface area contributed by atoms with Crippen LogP contribution in [0.2, 0.25) is 0 Å². The van der Waals surface area contributed by atoms with Crippen LogP contribution in [0.3, 0.4) is 0 Å². The van der Waals surface area contributed by atoms with Gasteiger partial charge in [0.15, 0.2) is 0 Å². The summed E-state index contributed by atoms with van der Waals surface area (Å²) in [5.41, 5.74) is 3.33. The minimum absolute atomic E-state index is 0.345. The molecule has 0 saturated heterocycles. The maximum atomic E-state index is 4.93. The standard InChI is InChI=1S/C10H16.2ClH.Zr/c1-8-5-6-9(7-8)10(2,3)4;;;/h6-7H,5H2,1-4H3;2*1H;/q;;;+2/p-2. The summed E-state index contributed by atoms with van der Waals surface area (Å²) in [5, 5.41) is 0. The fourth-order valence-corrected chi connectivity index (χ4v) is 1.18. The molecule has 0 aromatic carbocycles. The van der Waals surface area contributed by atoms with E-state index in [-0.39, 0.29) is 0 Å². The van der Waals surface area contributed by atoms with E-state index in [0.29, 0.717) is 5.41 Å². The Kier molecular flexibility index (Phi) is 6.90. The van der Waals surface area contributed by atoms with Crippen molar-refractivity contribution in [1.29, 1.82) is 0 Å². The molecular formula is C10H16Cl2Zr. The van der Waals surface area contributed by atoms with Crippen molar-refractivity contribution < 1.29 is 20.8 Å². The van der Waals surface area contributed by atoms with Crippen LogP contribution in [-0.2, 0) is 20.8 Å². The summed E-state index contributed by atoms with van der Waals surface area (Å²) in [7, 11) is 9.87. The van der Waals surface area contributed by atoms with Gasteiger partial charge in [0.25, 0.3) is 0 Å². The van der Waals surface area contributed by atoms with Crippen LogP contribution in [-0.4, -0.2) is 0 Å². The summed E-state index contributed by atoms with van der Waals surface area (Å²) < 4.78 is 0. The molecule has 0 N–H and O–H groups in total. The van der Waals surface area contributed by atoms with Crippen molar-refractivity contribution in [3.05, 3.63) is 23.3 Å². The van der Waals surface area contributed by atoms with Gasteiger partial charge in [0.05, 0.1) is 0 Å². The Balaban J connectivity index is 0.000000424. The summed E-state index contributed by atoms with van der Waals surface area (Å²) in [6, 6.07) is 0. The molecule has 0 heterocycles. The van der Waals surface area contributed by atoms with E-state index in [0.717, 1.165) is 6.42 Å². The Hall–Kier alpha value is 0.943. The van der Waals surface area contributed by atoms with E-state index in [1.54, 1.807) is 0 Å². The third-order valence-corrected chi connectivity index (χ3v) is 1.91. The van der Waals surface area contributed by atoms with E-state index in [9.17, 15) is 0 Å². The van der Waals surface area contributed by atoms with Gasteiger partial charge >= 0.3 is 37.9 Å². The van der Waals surface area contributed by atoms with E-state index < -0.39 is 20.8 Å². The molecule has 0 atom stereocenters. The number of halogens is 2. The predicted octanol–water partition coefficient (Wildman–Crippen LogP) is 4.69. The van der Waals surface area contributed by atoms with Crippen LogP contribution >= 0.6 is 17.0 Å². The van der Waals surface area contributed by atoms with Crippen LogP contribution < -0.4 is 0 Å². The van der Waals surface area contributed by atoms with Gasteiger partial charge in [-0.1, -0.05) is 38.5 Å². The molecule has 0 radical (unpaired) electrons. The number of hydrogen-bond donors (Lipinski definition) is 0. The molecule has 0 spiro atoms. The third-order valence-electron chi connectivity index (χ3n) is 1.91. The average molecular weight is 298 g/mol. The molecule has 1 rings (SSSR count). The number of allylic oxidation sites excluding steroid dienone is 4. The van der Waals surface area contributed by atoms with Gasteiger partial charge in [-0.3, -0.25) is 0 Å². The van der Waals surface area contributed by atoms with Crippen molar-refractivity contribution in [3.8, 4) is 0 Å². The molecule has 0 aliphatic heterocycles. The number of hydrogen-bond acceptors (Lipinski definition) is 0. The average Bonchev–Trinajstić information content (AvgIpc) is 2.35. The van der Waals surface area contributed by atoms with Gasteiger partial charge in [0.2, 0.25) is 0 Å². The van der Waals surface area contributed by atoms with E-state index in [2.05, 4.69) is 39.8 Å². The first-order chi connectivity index (χ1) is 5.91. The van der Waals surface area contributed by atoms with Gasteiger partial charge < -0.3 is 0 Å². The van der Waals surface area contributed by atoms with Gasteiger partial charge in [0, 0.05) is 0 Å². The first-order valence-electron chi connectivity index (χ1n) is 4.26. The molecule has 0 fully saturated rings. The molecule has 1 aliphatic carbocycles. The van der Waals surface area contributed by atoms with Crippen molar-refractivity contribution in [2.45, 2.75) is 34.1 Å². The minimum atomic E-state index is -0.826. The fraction of sp³-hybridized carbons (Fsp3) is 0.600. The van der Waals surface area contributed by atoms with Crippen LogP contribution in [0.4, 0.5) is 0 Å². The molecule has 3 heteroatoms. The van der Waals surface area contributed by atoms with Crippen molar-refractivity contribution in [2.24, 2.45) is 5.41 Å². The molecule has 0 nitrogen and oxygen atoms in total. The molecule has 0 aromatic heterocycles. The van der Waals surface area contributed by atoms with Crippen LogP contribution in [0.15, 0.2) is 23.3 Å². The van der Waals surface area contributed by atoms with E-state index in [1.165, 1.54) is 11.1 Å². The zero-order chi connectivity index (χ0) is 10.5. The Bertz CT molecular complexity index is 211. The summed E-state index contributed by atoms with van der Waals surface area (Å²) in [4.78, 5) is 0. The van der Waals surface area contributed by atoms with Crippen LogP contribution in [0.1, 0.15) is 34.1 Å². The summed E-state index contributed by atoms with van der Waals surface area (Å²) in [5.74, 6) is 0. The Morgan fingerprint density at radius 1 is 1.31 bits per heavy atom. The van der Waals surface area contributed by atoms with Crippen molar-refractivity contribution in [3.63, 3.8) is 0 Å².